The molecule has 0 bridgehead atoms. The Hall–Kier alpha value is -2.57. The molecule has 0 saturated heterocycles. The van der Waals surface area contributed by atoms with Gasteiger partial charge >= 0.3 is 5.69 Å². The van der Waals surface area contributed by atoms with Crippen molar-refractivity contribution in [1.29, 1.82) is 0 Å². The second kappa shape index (κ2) is 7.98. The summed E-state index contributed by atoms with van der Waals surface area (Å²) in [6.45, 7) is 3.80. The molecule has 8 heteroatoms. The minimum atomic E-state index is -0.382. The van der Waals surface area contributed by atoms with E-state index >= 15 is 0 Å². The minimum Gasteiger partial charge on any atom is -0.350 e. The maximum absolute atomic E-state index is 12.6. The van der Waals surface area contributed by atoms with E-state index in [1.54, 1.807) is 37.3 Å². The van der Waals surface area contributed by atoms with Crippen LogP contribution in [-0.2, 0) is 17.9 Å². The predicted molar refractivity (Wildman–Crippen MR) is 106 cm³/mol. The van der Waals surface area contributed by atoms with Crippen molar-refractivity contribution in [2.24, 2.45) is 0 Å². The number of amides is 1. The van der Waals surface area contributed by atoms with Gasteiger partial charge in [-0.15, -0.1) is 0 Å². The van der Waals surface area contributed by atoms with Gasteiger partial charge < -0.3 is 5.32 Å². The summed E-state index contributed by atoms with van der Waals surface area (Å²) >= 11 is 11.9. The average molecular weight is 405 g/mol. The Kier molecular flexibility index (Phi) is 5.68. The fourth-order valence-electron chi connectivity index (χ4n) is 2.72. The zero-order valence-corrected chi connectivity index (χ0v) is 16.4. The van der Waals surface area contributed by atoms with Gasteiger partial charge in [0.25, 0.3) is 0 Å². The van der Waals surface area contributed by atoms with E-state index < -0.39 is 0 Å². The summed E-state index contributed by atoms with van der Waals surface area (Å²) in [5.74, 6) is 0.189. The quantitative estimate of drug-likeness (QED) is 0.709. The van der Waals surface area contributed by atoms with Gasteiger partial charge in [0.05, 0.1) is 5.69 Å². The molecule has 0 aliphatic rings. The second-order valence-corrected chi connectivity index (χ2v) is 7.00. The van der Waals surface area contributed by atoms with Crippen molar-refractivity contribution in [2.75, 3.05) is 0 Å². The van der Waals surface area contributed by atoms with Crippen molar-refractivity contribution in [2.45, 2.75) is 26.9 Å². The van der Waals surface area contributed by atoms with Crippen molar-refractivity contribution in [3.05, 3.63) is 79.9 Å². The minimum absolute atomic E-state index is 0.160. The van der Waals surface area contributed by atoms with Gasteiger partial charge in [0, 0.05) is 16.6 Å². The summed E-state index contributed by atoms with van der Waals surface area (Å²) in [7, 11) is 0. The molecule has 0 fully saturated rings. The van der Waals surface area contributed by atoms with Crippen LogP contribution in [0.2, 0.25) is 10.0 Å². The van der Waals surface area contributed by atoms with Crippen LogP contribution in [0.5, 0.6) is 0 Å². The molecule has 0 radical (unpaired) electrons. The fourth-order valence-corrected chi connectivity index (χ4v) is 2.96. The first kappa shape index (κ1) is 19.2. The Morgan fingerprint density at radius 3 is 2.48 bits per heavy atom. The van der Waals surface area contributed by atoms with Crippen LogP contribution in [-0.4, -0.2) is 20.3 Å². The highest BCUT2D eigenvalue weighted by Gasteiger charge is 2.14. The molecular formula is C19H18Cl2N4O2. The first-order valence-corrected chi connectivity index (χ1v) is 9.05. The van der Waals surface area contributed by atoms with Gasteiger partial charge in [-0.2, -0.15) is 5.10 Å². The van der Waals surface area contributed by atoms with Crippen LogP contribution >= 0.6 is 23.2 Å². The van der Waals surface area contributed by atoms with Gasteiger partial charge in [-0.05, 0) is 55.3 Å². The summed E-state index contributed by atoms with van der Waals surface area (Å²) in [6.07, 6.45) is 0. The van der Waals surface area contributed by atoms with Crippen molar-refractivity contribution >= 4 is 29.1 Å². The van der Waals surface area contributed by atoms with E-state index in [-0.39, 0.29) is 18.1 Å². The molecule has 2 aromatic carbocycles. The van der Waals surface area contributed by atoms with Gasteiger partial charge in [0.2, 0.25) is 5.91 Å². The van der Waals surface area contributed by atoms with Gasteiger partial charge in [0.1, 0.15) is 12.4 Å². The zero-order chi connectivity index (χ0) is 19.6. The molecule has 3 aromatic rings. The second-order valence-electron chi connectivity index (χ2n) is 6.16. The average Bonchev–Trinajstić information content (AvgIpc) is 2.90. The lowest BCUT2D eigenvalue weighted by atomic mass is 10.1. The molecule has 3 rings (SSSR count). The molecule has 0 aliphatic carbocycles. The van der Waals surface area contributed by atoms with E-state index in [0.717, 1.165) is 15.8 Å². The summed E-state index contributed by atoms with van der Waals surface area (Å²) in [6, 6.07) is 12.4. The lowest BCUT2D eigenvalue weighted by Gasteiger charge is -2.07. The molecule has 1 amide bonds. The number of aromatic nitrogens is 3. The number of hydrogen-bond acceptors (Lipinski definition) is 3. The number of nitrogens with one attached hydrogen (secondary N) is 1. The van der Waals surface area contributed by atoms with E-state index in [1.165, 1.54) is 4.57 Å². The number of benzene rings is 2. The molecule has 0 unspecified atom stereocenters. The Bertz CT molecular complexity index is 1040. The van der Waals surface area contributed by atoms with Crippen LogP contribution in [0.1, 0.15) is 17.0 Å². The summed E-state index contributed by atoms with van der Waals surface area (Å²) in [4.78, 5) is 24.8. The maximum Gasteiger partial charge on any atom is 0.351 e. The standard InChI is InChI=1S/C19H18Cl2N4O2/c1-12-9-14(3-8-17(12)21)10-22-18(26)11-24-19(27)25(13(2)23-24)16-6-4-15(20)5-7-16/h3-9H,10-11H2,1-2H3,(H,22,26). The van der Waals surface area contributed by atoms with Crippen molar-refractivity contribution in [3.63, 3.8) is 0 Å². The van der Waals surface area contributed by atoms with Gasteiger partial charge in [0.15, 0.2) is 0 Å². The predicted octanol–water partition coefficient (Wildman–Crippen LogP) is 3.27. The molecule has 0 aliphatic heterocycles. The van der Waals surface area contributed by atoms with Gasteiger partial charge in [-0.3, -0.25) is 4.79 Å². The molecule has 0 saturated carbocycles. The number of aryl methyl sites for hydroxylation is 2. The van der Waals surface area contributed by atoms with E-state index in [0.29, 0.717) is 28.1 Å². The number of rotatable bonds is 5. The normalized spacial score (nSPS) is 10.8. The molecule has 6 nitrogen and oxygen atoms in total. The third-order valence-corrected chi connectivity index (χ3v) is 4.77. The number of halogens is 2. The lowest BCUT2D eigenvalue weighted by molar-refractivity contribution is -0.122. The first-order chi connectivity index (χ1) is 12.8. The largest absolute Gasteiger partial charge is 0.351 e. The Morgan fingerprint density at radius 1 is 1.11 bits per heavy atom. The maximum atomic E-state index is 12.6. The summed E-state index contributed by atoms with van der Waals surface area (Å²) in [5, 5.41) is 8.23. The van der Waals surface area contributed by atoms with Crippen LogP contribution in [0.3, 0.4) is 0 Å². The van der Waals surface area contributed by atoms with Gasteiger partial charge in [-0.1, -0.05) is 35.3 Å². The molecule has 1 heterocycles. The molecule has 140 valence electrons. The van der Waals surface area contributed by atoms with Crippen LogP contribution in [0.4, 0.5) is 0 Å². The van der Waals surface area contributed by atoms with E-state index in [1.807, 2.05) is 19.1 Å². The highest BCUT2D eigenvalue weighted by molar-refractivity contribution is 6.31. The fraction of sp³-hybridized carbons (Fsp3) is 0.211. The Balaban J connectivity index is 1.71. The Morgan fingerprint density at radius 2 is 1.81 bits per heavy atom. The third kappa shape index (κ3) is 4.40. The molecule has 1 aromatic heterocycles. The zero-order valence-electron chi connectivity index (χ0n) is 14.9. The number of hydrogen-bond donors (Lipinski definition) is 1. The molecule has 27 heavy (non-hydrogen) atoms. The monoisotopic (exact) mass is 404 g/mol. The highest BCUT2D eigenvalue weighted by atomic mass is 35.5. The molecule has 0 atom stereocenters. The smallest absolute Gasteiger partial charge is 0.350 e. The molecular weight excluding hydrogens is 387 g/mol. The molecule has 1 N–H and O–H groups in total. The molecule has 0 spiro atoms. The van der Waals surface area contributed by atoms with Crippen molar-refractivity contribution in [3.8, 4) is 5.69 Å². The van der Waals surface area contributed by atoms with Gasteiger partial charge in [-0.25, -0.2) is 14.0 Å². The van der Waals surface area contributed by atoms with Crippen LogP contribution < -0.4 is 11.0 Å². The van der Waals surface area contributed by atoms with E-state index in [9.17, 15) is 9.59 Å². The highest BCUT2D eigenvalue weighted by Crippen LogP contribution is 2.16. The summed E-state index contributed by atoms with van der Waals surface area (Å²) < 4.78 is 2.58. The summed E-state index contributed by atoms with van der Waals surface area (Å²) in [5.41, 5.74) is 2.13. The SMILES string of the molecule is Cc1cc(CNC(=O)Cn2nc(C)n(-c3ccc(Cl)cc3)c2=O)ccc1Cl. The van der Waals surface area contributed by atoms with Crippen molar-refractivity contribution < 1.29 is 4.79 Å². The van der Waals surface area contributed by atoms with Crippen LogP contribution in [0.15, 0.2) is 47.3 Å². The van der Waals surface area contributed by atoms with Crippen molar-refractivity contribution in [1.82, 2.24) is 19.7 Å². The topological polar surface area (TPSA) is 68.9 Å². The third-order valence-electron chi connectivity index (χ3n) is 4.09. The van der Waals surface area contributed by atoms with E-state index in [2.05, 4.69) is 10.4 Å². The number of carbonyl (C=O) groups excluding carboxylic acids is 1. The first-order valence-electron chi connectivity index (χ1n) is 8.29. The number of nitrogens with zero attached hydrogens (tertiary/aromatic N) is 3. The van der Waals surface area contributed by atoms with Crippen LogP contribution in [0.25, 0.3) is 5.69 Å². The lowest BCUT2D eigenvalue weighted by Crippen LogP contribution is -2.33. The number of carbonyl (C=O) groups is 1. The van der Waals surface area contributed by atoms with Crippen LogP contribution in [0, 0.1) is 13.8 Å². The Labute approximate surface area is 166 Å². The van der Waals surface area contributed by atoms with E-state index in [4.69, 9.17) is 23.2 Å².